The molecule has 3 aromatic carbocycles. The Hall–Kier alpha value is -3.61. The topological polar surface area (TPSA) is 71.1 Å². The van der Waals surface area contributed by atoms with Crippen LogP contribution in [0.15, 0.2) is 85.5 Å². The van der Waals surface area contributed by atoms with Crippen LogP contribution in [0.1, 0.15) is 30.6 Å². The zero-order chi connectivity index (χ0) is 26.6. The van der Waals surface area contributed by atoms with Gasteiger partial charge in [-0.25, -0.2) is 4.79 Å². The van der Waals surface area contributed by atoms with Crippen molar-refractivity contribution >= 4 is 23.5 Å². The first kappa shape index (κ1) is 28.0. The van der Waals surface area contributed by atoms with Gasteiger partial charge < -0.3 is 18.9 Å². The molecule has 0 spiro atoms. The molecule has 7 heteroatoms. The van der Waals surface area contributed by atoms with Crippen LogP contribution < -0.4 is 14.2 Å². The first-order chi connectivity index (χ1) is 17.9. The maximum atomic E-state index is 12.6. The molecule has 3 aromatic rings. The van der Waals surface area contributed by atoms with Crippen LogP contribution >= 0.6 is 11.6 Å². The average molecular weight is 523 g/mol. The fraction of sp³-hybridized carbons (Fsp3) is 0.267. The number of hydrogen-bond donors (Lipinski definition) is 0. The van der Waals surface area contributed by atoms with Gasteiger partial charge in [0.05, 0.1) is 18.8 Å². The van der Waals surface area contributed by atoms with Gasteiger partial charge in [0.15, 0.2) is 0 Å². The van der Waals surface area contributed by atoms with E-state index in [2.05, 4.69) is 6.58 Å². The number of hydrogen-bond acceptors (Lipinski definition) is 6. The van der Waals surface area contributed by atoms with Crippen molar-refractivity contribution in [1.82, 2.24) is 0 Å². The lowest BCUT2D eigenvalue weighted by Crippen LogP contribution is -2.26. The standard InChI is InChI=1S/C30H31ClO6/c1-4-18-34-19-20-35-25-12-10-23(11-13-25)22-6-8-24(9-7-22)29(32)36-26-14-16-27(17-15-26)37-30(33)28(31)21(3)5-2/h4,6-17,21,28H,1,5,18-20H2,2-3H3. The number of carbonyl (C=O) groups is 2. The molecular weight excluding hydrogens is 492 g/mol. The lowest BCUT2D eigenvalue weighted by molar-refractivity contribution is -0.134. The molecule has 0 heterocycles. The van der Waals surface area contributed by atoms with Gasteiger partial charge in [0.1, 0.15) is 29.2 Å². The molecule has 37 heavy (non-hydrogen) atoms. The normalized spacial score (nSPS) is 12.3. The number of rotatable bonds is 13. The highest BCUT2D eigenvalue weighted by molar-refractivity contribution is 6.30. The quantitative estimate of drug-likeness (QED) is 0.0816. The van der Waals surface area contributed by atoms with Crippen molar-refractivity contribution in [1.29, 1.82) is 0 Å². The molecule has 0 aromatic heterocycles. The van der Waals surface area contributed by atoms with Gasteiger partial charge in [0.2, 0.25) is 0 Å². The molecule has 0 saturated heterocycles. The smallest absolute Gasteiger partial charge is 0.343 e. The van der Waals surface area contributed by atoms with E-state index in [4.69, 9.17) is 30.5 Å². The van der Waals surface area contributed by atoms with Crippen LogP contribution in [0.3, 0.4) is 0 Å². The van der Waals surface area contributed by atoms with E-state index in [1.807, 2.05) is 50.2 Å². The number of ether oxygens (including phenoxy) is 4. The Morgan fingerprint density at radius 2 is 1.38 bits per heavy atom. The zero-order valence-electron chi connectivity index (χ0n) is 21.0. The van der Waals surface area contributed by atoms with Crippen LogP contribution in [0.5, 0.6) is 17.2 Å². The number of esters is 2. The van der Waals surface area contributed by atoms with Crippen LogP contribution in [0, 0.1) is 5.92 Å². The van der Waals surface area contributed by atoms with Crippen molar-refractivity contribution in [2.45, 2.75) is 25.6 Å². The lowest BCUT2D eigenvalue weighted by atomic mass is 10.0. The van der Waals surface area contributed by atoms with Crippen molar-refractivity contribution in [3.63, 3.8) is 0 Å². The predicted octanol–water partition coefficient (Wildman–Crippen LogP) is 6.71. The summed E-state index contributed by atoms with van der Waals surface area (Å²) < 4.78 is 21.7. The third kappa shape index (κ3) is 8.48. The third-order valence-electron chi connectivity index (χ3n) is 5.66. The summed E-state index contributed by atoms with van der Waals surface area (Å²) in [5.74, 6) is 0.439. The molecule has 2 unspecified atom stereocenters. The molecule has 2 atom stereocenters. The molecule has 3 rings (SSSR count). The number of alkyl halides is 1. The van der Waals surface area contributed by atoms with Gasteiger partial charge in [-0.15, -0.1) is 18.2 Å². The van der Waals surface area contributed by atoms with Crippen molar-refractivity contribution in [3.8, 4) is 28.4 Å². The lowest BCUT2D eigenvalue weighted by Gasteiger charge is -2.15. The SMILES string of the molecule is C=CCOCCOc1ccc(-c2ccc(C(=O)Oc3ccc(OC(=O)C(Cl)C(C)CC)cc3)cc2)cc1. The van der Waals surface area contributed by atoms with Crippen LogP contribution in [-0.2, 0) is 9.53 Å². The maximum Gasteiger partial charge on any atom is 0.343 e. The van der Waals surface area contributed by atoms with Gasteiger partial charge in [-0.2, -0.15) is 0 Å². The highest BCUT2D eigenvalue weighted by Crippen LogP contribution is 2.25. The summed E-state index contributed by atoms with van der Waals surface area (Å²) in [4.78, 5) is 24.7. The minimum Gasteiger partial charge on any atom is -0.491 e. The molecule has 0 aliphatic rings. The Balaban J connectivity index is 1.52. The molecule has 0 N–H and O–H groups in total. The van der Waals surface area contributed by atoms with Crippen molar-refractivity contribution in [2.24, 2.45) is 5.92 Å². The van der Waals surface area contributed by atoms with Crippen molar-refractivity contribution < 1.29 is 28.5 Å². The highest BCUT2D eigenvalue weighted by Gasteiger charge is 2.23. The molecule has 0 saturated carbocycles. The van der Waals surface area contributed by atoms with Crippen LogP contribution in [0.4, 0.5) is 0 Å². The van der Waals surface area contributed by atoms with Gasteiger partial charge in [0.25, 0.3) is 0 Å². The van der Waals surface area contributed by atoms with E-state index in [0.29, 0.717) is 36.9 Å². The molecule has 6 nitrogen and oxygen atoms in total. The summed E-state index contributed by atoms with van der Waals surface area (Å²) in [5, 5.41) is -0.718. The van der Waals surface area contributed by atoms with E-state index in [0.717, 1.165) is 23.3 Å². The van der Waals surface area contributed by atoms with E-state index in [-0.39, 0.29) is 5.92 Å². The van der Waals surface area contributed by atoms with E-state index >= 15 is 0 Å². The van der Waals surface area contributed by atoms with E-state index < -0.39 is 17.3 Å². The summed E-state index contributed by atoms with van der Waals surface area (Å²) in [7, 11) is 0. The Morgan fingerprint density at radius 3 is 1.95 bits per heavy atom. The minimum atomic E-state index is -0.718. The van der Waals surface area contributed by atoms with Crippen LogP contribution in [0.2, 0.25) is 0 Å². The molecule has 0 bridgehead atoms. The number of halogens is 1. The van der Waals surface area contributed by atoms with E-state index in [9.17, 15) is 9.59 Å². The van der Waals surface area contributed by atoms with E-state index in [1.165, 1.54) is 0 Å². The van der Waals surface area contributed by atoms with Gasteiger partial charge in [-0.3, -0.25) is 4.79 Å². The summed E-state index contributed by atoms with van der Waals surface area (Å²) in [5.41, 5.74) is 2.36. The van der Waals surface area contributed by atoms with Gasteiger partial charge in [0, 0.05) is 0 Å². The molecular formula is C30H31ClO6. The molecule has 194 valence electrons. The molecule has 0 aliphatic heterocycles. The summed E-state index contributed by atoms with van der Waals surface area (Å²) in [6, 6.07) is 21.1. The molecule has 0 radical (unpaired) electrons. The van der Waals surface area contributed by atoms with Crippen molar-refractivity contribution in [3.05, 3.63) is 91.0 Å². The average Bonchev–Trinajstić information content (AvgIpc) is 2.93. The fourth-order valence-corrected chi connectivity index (χ4v) is 3.50. The monoisotopic (exact) mass is 522 g/mol. The molecule has 0 aliphatic carbocycles. The molecule has 0 amide bonds. The Bertz CT molecular complexity index is 1160. The van der Waals surface area contributed by atoms with E-state index in [1.54, 1.807) is 42.5 Å². The second-order valence-electron chi connectivity index (χ2n) is 8.38. The fourth-order valence-electron chi connectivity index (χ4n) is 3.28. The minimum absolute atomic E-state index is 0.00661. The third-order valence-corrected chi connectivity index (χ3v) is 6.27. The Kier molecular flexibility index (Phi) is 10.7. The number of carbonyl (C=O) groups excluding carboxylic acids is 2. The molecule has 0 fully saturated rings. The van der Waals surface area contributed by atoms with Gasteiger partial charge >= 0.3 is 11.9 Å². The summed E-state index contributed by atoms with van der Waals surface area (Å²) in [6.07, 6.45) is 2.47. The highest BCUT2D eigenvalue weighted by atomic mass is 35.5. The number of benzene rings is 3. The van der Waals surface area contributed by atoms with Gasteiger partial charge in [-0.05, 0) is 65.6 Å². The summed E-state index contributed by atoms with van der Waals surface area (Å²) in [6.45, 7) is 8.92. The summed E-state index contributed by atoms with van der Waals surface area (Å²) >= 11 is 6.13. The second-order valence-corrected chi connectivity index (χ2v) is 8.85. The Labute approximate surface area is 222 Å². The largest absolute Gasteiger partial charge is 0.491 e. The van der Waals surface area contributed by atoms with Crippen LogP contribution in [0.25, 0.3) is 11.1 Å². The Morgan fingerprint density at radius 1 is 0.838 bits per heavy atom. The maximum absolute atomic E-state index is 12.6. The van der Waals surface area contributed by atoms with Gasteiger partial charge in [-0.1, -0.05) is 50.6 Å². The van der Waals surface area contributed by atoms with Crippen LogP contribution in [-0.4, -0.2) is 37.1 Å². The first-order valence-corrected chi connectivity index (χ1v) is 12.5. The first-order valence-electron chi connectivity index (χ1n) is 12.1. The predicted molar refractivity (Wildman–Crippen MR) is 145 cm³/mol. The second kappa shape index (κ2) is 14.2. The zero-order valence-corrected chi connectivity index (χ0v) is 21.8. The van der Waals surface area contributed by atoms with Crippen molar-refractivity contribution in [2.75, 3.05) is 19.8 Å².